The number of benzene rings is 6. The molecule has 6 aromatic carbocycles. The monoisotopic (exact) mass is 773 g/mol. The van der Waals surface area contributed by atoms with Gasteiger partial charge < -0.3 is 0 Å². The predicted octanol–water partition coefficient (Wildman–Crippen LogP) is 10.2. The Hall–Kier alpha value is -5.27. The summed E-state index contributed by atoms with van der Waals surface area (Å²) in [5.74, 6) is 0.177. The van der Waals surface area contributed by atoms with E-state index in [2.05, 4.69) is 152 Å². The molecule has 51 heavy (non-hydrogen) atoms. The third-order valence-electron chi connectivity index (χ3n) is 10.9. The van der Waals surface area contributed by atoms with Gasteiger partial charge in [0.15, 0.2) is 0 Å². The van der Waals surface area contributed by atoms with Crippen molar-refractivity contribution in [1.82, 2.24) is 9.13 Å². The third kappa shape index (κ3) is 4.43. The van der Waals surface area contributed by atoms with Crippen LogP contribution in [-0.4, -0.2) is 38.9 Å². The molecule has 3 nitrogen and oxygen atoms in total. The number of hydrogen-bond acceptors (Lipinski definition) is 1. The molecule has 2 aromatic heterocycles. The predicted molar refractivity (Wildman–Crippen MR) is 216 cm³/mol. The van der Waals surface area contributed by atoms with E-state index in [0.29, 0.717) is 0 Å². The standard InChI is InChI=1S/C47H35N2OTe/c1-27-11-7-16-33-34-17-8-12-28(2)44(34)48(43(27)33)39-24-22-31(32-21-23-38-42(26-32)51-41-20-6-5-15-37(41)47(38)50)25-40(39)49-45-29(3)13-9-18-35(45)36-19-10-14-30(4)46(36)49/h5-20,22-26H,21H2,1-4H3. The number of nitrogens with zero attached hydrogens (tertiary/aromatic N) is 2. The van der Waals surface area contributed by atoms with Crippen molar-refractivity contribution in [1.29, 1.82) is 0 Å². The van der Waals surface area contributed by atoms with Crippen molar-refractivity contribution in [2.24, 2.45) is 0 Å². The molecule has 8 aromatic rings. The van der Waals surface area contributed by atoms with Crippen LogP contribution in [0.4, 0.5) is 0 Å². The average molecular weight is 771 g/mol. The molecule has 0 N–H and O–H groups in total. The van der Waals surface area contributed by atoms with Crippen LogP contribution in [0.3, 0.4) is 0 Å². The Labute approximate surface area is 306 Å². The maximum atomic E-state index is 13.6. The van der Waals surface area contributed by atoms with Gasteiger partial charge in [-0.3, -0.25) is 0 Å². The van der Waals surface area contributed by atoms with Crippen molar-refractivity contribution in [3.8, 4) is 11.4 Å². The van der Waals surface area contributed by atoms with Gasteiger partial charge in [0.25, 0.3) is 0 Å². The van der Waals surface area contributed by atoms with Gasteiger partial charge in [-0.25, -0.2) is 0 Å². The van der Waals surface area contributed by atoms with E-state index in [0.717, 1.165) is 28.9 Å². The molecule has 0 bridgehead atoms. The Morgan fingerprint density at radius 3 is 1.61 bits per heavy atom. The van der Waals surface area contributed by atoms with Crippen molar-refractivity contribution in [3.63, 3.8) is 0 Å². The van der Waals surface area contributed by atoms with Crippen LogP contribution in [0.5, 0.6) is 0 Å². The number of allylic oxidation sites excluding steroid dienone is 4. The number of ketones is 1. The van der Waals surface area contributed by atoms with Crippen LogP contribution in [0.15, 0.2) is 133 Å². The molecule has 4 heteroatoms. The molecule has 0 saturated heterocycles. The van der Waals surface area contributed by atoms with Crippen molar-refractivity contribution < 1.29 is 4.79 Å². The van der Waals surface area contributed by atoms with E-state index in [1.165, 1.54) is 84.2 Å². The first-order valence-electron chi connectivity index (χ1n) is 17.6. The number of fused-ring (bicyclic) bond motifs is 8. The molecule has 0 amide bonds. The van der Waals surface area contributed by atoms with Gasteiger partial charge >= 0.3 is 308 Å². The summed E-state index contributed by atoms with van der Waals surface area (Å²) in [5, 5.41) is 5.08. The molecular formula is C47H35N2OTe. The molecule has 10 rings (SSSR count). The minimum atomic E-state index is -0.680. The molecule has 245 valence electrons. The van der Waals surface area contributed by atoms with Crippen molar-refractivity contribution in [2.75, 3.05) is 0 Å². The number of aryl methyl sites for hydroxylation is 4. The Balaban J connectivity index is 1.31. The van der Waals surface area contributed by atoms with Crippen molar-refractivity contribution in [2.45, 2.75) is 34.1 Å². The van der Waals surface area contributed by atoms with E-state index in [1.807, 2.05) is 12.1 Å². The molecule has 1 aliphatic carbocycles. The van der Waals surface area contributed by atoms with E-state index in [4.69, 9.17) is 0 Å². The Morgan fingerprint density at radius 2 is 1.06 bits per heavy atom. The second-order valence-corrected chi connectivity index (χ2v) is 17.1. The summed E-state index contributed by atoms with van der Waals surface area (Å²) < 4.78 is 7.54. The summed E-state index contributed by atoms with van der Waals surface area (Å²) >= 11 is -0.680. The van der Waals surface area contributed by atoms with Gasteiger partial charge in [0.05, 0.1) is 0 Å². The molecule has 0 unspecified atom stereocenters. The topological polar surface area (TPSA) is 26.9 Å². The second kappa shape index (κ2) is 11.4. The van der Waals surface area contributed by atoms with Gasteiger partial charge in [-0.1, -0.05) is 0 Å². The number of carbonyl (C=O) groups excluding carboxylic acids is 1. The van der Waals surface area contributed by atoms with Gasteiger partial charge in [0, 0.05) is 0 Å². The fraction of sp³-hybridized carbons (Fsp3) is 0.106. The van der Waals surface area contributed by atoms with Gasteiger partial charge in [-0.05, 0) is 0 Å². The second-order valence-electron chi connectivity index (χ2n) is 14.0. The summed E-state index contributed by atoms with van der Waals surface area (Å²) in [6.45, 7) is 8.94. The average Bonchev–Trinajstić information content (AvgIpc) is 3.68. The van der Waals surface area contributed by atoms with Crippen LogP contribution >= 0.6 is 0 Å². The summed E-state index contributed by atoms with van der Waals surface area (Å²) in [6.07, 6.45) is 5.27. The van der Waals surface area contributed by atoms with Crippen LogP contribution in [0.2, 0.25) is 0 Å². The van der Waals surface area contributed by atoms with E-state index in [1.54, 1.807) is 0 Å². The summed E-state index contributed by atoms with van der Waals surface area (Å²) in [5.41, 5.74) is 16.6. The number of hydrogen-bond donors (Lipinski definition) is 0. The molecule has 0 spiro atoms. The first-order chi connectivity index (χ1) is 24.9. The Bertz CT molecular complexity index is 2830. The van der Waals surface area contributed by atoms with Crippen LogP contribution < -0.4 is 3.61 Å². The molecule has 1 aliphatic heterocycles. The zero-order valence-corrected chi connectivity index (χ0v) is 31.4. The summed E-state index contributed by atoms with van der Waals surface area (Å²) in [7, 11) is 0. The third-order valence-corrected chi connectivity index (χ3v) is 14.2. The van der Waals surface area contributed by atoms with Gasteiger partial charge in [0.1, 0.15) is 0 Å². The van der Waals surface area contributed by atoms with Crippen molar-refractivity contribution >= 4 is 82.6 Å². The zero-order valence-electron chi connectivity index (χ0n) is 29.0. The van der Waals surface area contributed by atoms with E-state index in [-0.39, 0.29) is 5.78 Å². The fourth-order valence-electron chi connectivity index (χ4n) is 8.59. The Morgan fingerprint density at radius 1 is 0.549 bits per heavy atom. The van der Waals surface area contributed by atoms with Crippen LogP contribution in [0.25, 0.3) is 60.6 Å². The fourth-order valence-corrected chi connectivity index (χ4v) is 11.9. The molecule has 0 saturated carbocycles. The van der Waals surface area contributed by atoms with E-state index >= 15 is 0 Å². The van der Waals surface area contributed by atoms with Gasteiger partial charge in [-0.2, -0.15) is 0 Å². The summed E-state index contributed by atoms with van der Waals surface area (Å²) in [4.78, 5) is 13.6. The van der Waals surface area contributed by atoms with E-state index < -0.39 is 20.5 Å². The molecule has 1 radical (unpaired) electrons. The normalized spacial score (nSPS) is 14.2. The number of aromatic nitrogens is 2. The van der Waals surface area contributed by atoms with E-state index in [9.17, 15) is 4.79 Å². The van der Waals surface area contributed by atoms with Gasteiger partial charge in [0.2, 0.25) is 0 Å². The number of rotatable bonds is 3. The molecule has 0 atom stereocenters. The SMILES string of the molecule is Cc1cccc2c3cccc(C)c3n(-c3ccc(C4=CC5=[Te]c6ccccc6C(=O)C5=CC4)cc3-n3c4c(C)cccc4c4cccc(C)c43)c12. The molecular weight excluding hydrogens is 736 g/mol. The Kier molecular flexibility index (Phi) is 6.81. The van der Waals surface area contributed by atoms with Crippen LogP contribution in [0.1, 0.15) is 44.6 Å². The molecule has 0 fully saturated rings. The molecule has 2 aliphatic rings. The number of Topliss-reactive ketones (excluding diaryl/α,β-unsaturated/α-hetero) is 1. The quantitative estimate of drug-likeness (QED) is 0.164. The summed E-state index contributed by atoms with van der Waals surface area (Å²) in [6, 6.07) is 42.0. The first-order valence-corrected chi connectivity index (χ1v) is 20.0. The van der Waals surface area contributed by atoms with Crippen molar-refractivity contribution in [3.05, 3.63) is 166 Å². The maximum absolute atomic E-state index is 13.6. The first kappa shape index (κ1) is 30.5. The number of carbonyl (C=O) groups is 1. The minimum absolute atomic E-state index is 0.177. The van der Waals surface area contributed by atoms with Gasteiger partial charge in [-0.15, -0.1) is 0 Å². The van der Waals surface area contributed by atoms with Crippen LogP contribution in [-0.2, 0) is 0 Å². The molecule has 3 heterocycles. The number of para-hydroxylation sites is 4. The van der Waals surface area contributed by atoms with Crippen LogP contribution in [0, 0.1) is 27.7 Å². The zero-order chi connectivity index (χ0) is 34.5.